The zero-order valence-electron chi connectivity index (χ0n) is 12.3. The Bertz CT molecular complexity index is 776. The van der Waals surface area contributed by atoms with Gasteiger partial charge in [0, 0.05) is 16.8 Å². The molecule has 24 heavy (non-hydrogen) atoms. The van der Waals surface area contributed by atoms with Crippen molar-refractivity contribution in [1.29, 1.82) is 0 Å². The van der Waals surface area contributed by atoms with Crippen molar-refractivity contribution >= 4 is 46.8 Å². The predicted molar refractivity (Wildman–Crippen MR) is 91.5 cm³/mol. The Labute approximate surface area is 147 Å². The first-order valence-electron chi connectivity index (χ1n) is 6.79. The van der Waals surface area contributed by atoms with Crippen molar-refractivity contribution in [2.75, 3.05) is 11.9 Å². The molecule has 0 unspecified atom stereocenters. The molecule has 0 saturated heterocycles. The van der Waals surface area contributed by atoms with Crippen molar-refractivity contribution < 1.29 is 18.7 Å². The molecular weight excluding hydrogens is 356 g/mol. The van der Waals surface area contributed by atoms with E-state index in [0.717, 1.165) is 11.6 Å². The largest absolute Gasteiger partial charge is 0.452 e. The fraction of sp³-hybridized carbons (Fsp3) is 0.0588. The van der Waals surface area contributed by atoms with Crippen molar-refractivity contribution in [1.82, 2.24) is 0 Å². The maximum Gasteiger partial charge on any atom is 0.331 e. The summed E-state index contributed by atoms with van der Waals surface area (Å²) in [5.74, 6) is -1.82. The van der Waals surface area contributed by atoms with Gasteiger partial charge >= 0.3 is 5.97 Å². The van der Waals surface area contributed by atoms with E-state index in [0.29, 0.717) is 10.7 Å². The van der Waals surface area contributed by atoms with E-state index >= 15 is 0 Å². The Balaban J connectivity index is 1.81. The number of halogens is 3. The Hall–Kier alpha value is -2.37. The molecule has 0 heterocycles. The zero-order valence-corrected chi connectivity index (χ0v) is 13.8. The van der Waals surface area contributed by atoms with Gasteiger partial charge in [0.15, 0.2) is 6.61 Å². The molecule has 0 radical (unpaired) electrons. The lowest BCUT2D eigenvalue weighted by Gasteiger charge is -2.06. The molecular formula is C17H12Cl2FNO3. The van der Waals surface area contributed by atoms with Crippen LogP contribution in [0.2, 0.25) is 10.0 Å². The molecule has 4 nitrogen and oxygen atoms in total. The van der Waals surface area contributed by atoms with Crippen LogP contribution in [0.15, 0.2) is 48.5 Å². The number of amides is 1. The number of carbonyl (C=O) groups excluding carboxylic acids is 2. The number of hydrogen-bond acceptors (Lipinski definition) is 3. The Morgan fingerprint density at radius 2 is 1.83 bits per heavy atom. The minimum Gasteiger partial charge on any atom is -0.452 e. The van der Waals surface area contributed by atoms with Crippen LogP contribution in [0.25, 0.3) is 6.08 Å². The summed E-state index contributed by atoms with van der Waals surface area (Å²) in [5.41, 5.74) is 1.07. The maximum atomic E-state index is 13.0. The number of nitrogens with one attached hydrogen (secondary N) is 1. The van der Waals surface area contributed by atoms with Crippen LogP contribution >= 0.6 is 23.2 Å². The third-order valence-corrected chi connectivity index (χ3v) is 3.37. The van der Waals surface area contributed by atoms with Gasteiger partial charge in [-0.05, 0) is 42.0 Å². The number of anilines is 1. The normalized spacial score (nSPS) is 10.6. The van der Waals surface area contributed by atoms with E-state index < -0.39 is 24.3 Å². The van der Waals surface area contributed by atoms with Gasteiger partial charge in [0.2, 0.25) is 0 Å². The second-order valence-corrected chi connectivity index (χ2v) is 5.51. The van der Waals surface area contributed by atoms with E-state index in [1.54, 1.807) is 24.3 Å². The first kappa shape index (κ1) is 18.0. The standard InChI is InChI=1S/C17H12Cl2FNO3/c18-12-4-1-11(2-5-12)3-8-17(23)24-10-16(22)21-13-6-7-15(20)14(19)9-13/h1-9H,10H2,(H,21,22)/b8-3+. The van der Waals surface area contributed by atoms with E-state index in [2.05, 4.69) is 5.32 Å². The lowest BCUT2D eigenvalue weighted by Crippen LogP contribution is -2.20. The fourth-order valence-corrected chi connectivity index (χ4v) is 2.00. The van der Waals surface area contributed by atoms with Crippen molar-refractivity contribution in [3.63, 3.8) is 0 Å². The molecule has 2 rings (SSSR count). The molecule has 0 spiro atoms. The van der Waals surface area contributed by atoms with Gasteiger partial charge in [-0.2, -0.15) is 0 Å². The van der Waals surface area contributed by atoms with Crippen LogP contribution in [-0.2, 0) is 14.3 Å². The molecule has 0 aliphatic carbocycles. The third kappa shape index (κ3) is 5.68. The number of ether oxygens (including phenoxy) is 1. The summed E-state index contributed by atoms with van der Waals surface area (Å²) in [5, 5.41) is 2.91. The molecule has 124 valence electrons. The van der Waals surface area contributed by atoms with Crippen molar-refractivity contribution in [3.8, 4) is 0 Å². The van der Waals surface area contributed by atoms with Crippen LogP contribution in [0.4, 0.5) is 10.1 Å². The lowest BCUT2D eigenvalue weighted by molar-refractivity contribution is -0.142. The fourth-order valence-electron chi connectivity index (χ4n) is 1.69. The van der Waals surface area contributed by atoms with Crippen LogP contribution in [0.1, 0.15) is 5.56 Å². The quantitative estimate of drug-likeness (QED) is 0.632. The van der Waals surface area contributed by atoms with E-state index in [-0.39, 0.29) is 5.02 Å². The van der Waals surface area contributed by atoms with E-state index in [1.165, 1.54) is 24.3 Å². The highest BCUT2D eigenvalue weighted by Gasteiger charge is 2.07. The zero-order chi connectivity index (χ0) is 17.5. The van der Waals surface area contributed by atoms with Crippen LogP contribution in [-0.4, -0.2) is 18.5 Å². The first-order valence-corrected chi connectivity index (χ1v) is 7.55. The molecule has 0 fully saturated rings. The van der Waals surface area contributed by atoms with Gasteiger partial charge in [0.1, 0.15) is 5.82 Å². The minimum atomic E-state index is -0.669. The number of rotatable bonds is 5. The van der Waals surface area contributed by atoms with Crippen molar-refractivity contribution in [2.24, 2.45) is 0 Å². The van der Waals surface area contributed by atoms with Gasteiger partial charge < -0.3 is 10.1 Å². The van der Waals surface area contributed by atoms with Crippen molar-refractivity contribution in [2.45, 2.75) is 0 Å². The highest BCUT2D eigenvalue weighted by Crippen LogP contribution is 2.19. The van der Waals surface area contributed by atoms with Gasteiger partial charge in [0.05, 0.1) is 5.02 Å². The second-order valence-electron chi connectivity index (χ2n) is 4.67. The highest BCUT2D eigenvalue weighted by atomic mass is 35.5. The molecule has 0 bridgehead atoms. The topological polar surface area (TPSA) is 55.4 Å². The van der Waals surface area contributed by atoms with E-state index in [9.17, 15) is 14.0 Å². The molecule has 0 aliphatic heterocycles. The molecule has 0 aromatic heterocycles. The monoisotopic (exact) mass is 367 g/mol. The number of esters is 1. The highest BCUT2D eigenvalue weighted by molar-refractivity contribution is 6.31. The van der Waals surface area contributed by atoms with Crippen LogP contribution in [0, 0.1) is 5.82 Å². The van der Waals surface area contributed by atoms with Gasteiger partial charge in [0.25, 0.3) is 5.91 Å². The van der Waals surface area contributed by atoms with Gasteiger partial charge in [-0.15, -0.1) is 0 Å². The maximum absolute atomic E-state index is 13.0. The SMILES string of the molecule is O=C(COC(=O)/C=C/c1ccc(Cl)cc1)Nc1ccc(F)c(Cl)c1. The van der Waals surface area contributed by atoms with Gasteiger partial charge in [-0.1, -0.05) is 35.3 Å². The molecule has 2 aromatic carbocycles. The van der Waals surface area contributed by atoms with Crippen LogP contribution < -0.4 is 5.32 Å². The van der Waals surface area contributed by atoms with Crippen LogP contribution in [0.3, 0.4) is 0 Å². The summed E-state index contributed by atoms with van der Waals surface area (Å²) in [4.78, 5) is 23.2. The predicted octanol–water partition coefficient (Wildman–Crippen LogP) is 4.33. The van der Waals surface area contributed by atoms with Crippen LogP contribution in [0.5, 0.6) is 0 Å². The van der Waals surface area contributed by atoms with Gasteiger partial charge in [-0.3, -0.25) is 4.79 Å². The molecule has 1 amide bonds. The molecule has 2 aromatic rings. The number of benzene rings is 2. The lowest BCUT2D eigenvalue weighted by atomic mass is 10.2. The average molecular weight is 368 g/mol. The minimum absolute atomic E-state index is 0.115. The molecule has 0 saturated carbocycles. The summed E-state index contributed by atoms with van der Waals surface area (Å²) in [7, 11) is 0. The summed E-state index contributed by atoms with van der Waals surface area (Å²) in [6.45, 7) is -0.473. The number of carbonyl (C=O) groups is 2. The molecule has 1 N–H and O–H groups in total. The number of hydrogen-bond donors (Lipinski definition) is 1. The Kier molecular flexibility index (Phi) is 6.35. The molecule has 7 heteroatoms. The smallest absolute Gasteiger partial charge is 0.331 e. The summed E-state index contributed by atoms with van der Waals surface area (Å²) < 4.78 is 17.8. The Morgan fingerprint density at radius 3 is 2.50 bits per heavy atom. The molecule has 0 atom stereocenters. The van der Waals surface area contributed by atoms with Crippen molar-refractivity contribution in [3.05, 3.63) is 70.0 Å². The van der Waals surface area contributed by atoms with E-state index in [1.807, 2.05) is 0 Å². The summed E-state index contributed by atoms with van der Waals surface area (Å²) >= 11 is 11.4. The average Bonchev–Trinajstić information content (AvgIpc) is 2.56. The van der Waals surface area contributed by atoms with E-state index in [4.69, 9.17) is 27.9 Å². The Morgan fingerprint density at radius 1 is 1.12 bits per heavy atom. The second kappa shape index (κ2) is 8.47. The summed E-state index contributed by atoms with van der Waals surface area (Å²) in [6, 6.07) is 10.6. The summed E-state index contributed by atoms with van der Waals surface area (Å²) in [6.07, 6.45) is 2.74. The third-order valence-electron chi connectivity index (χ3n) is 2.83. The first-order chi connectivity index (χ1) is 11.4. The van der Waals surface area contributed by atoms with Gasteiger partial charge in [-0.25, -0.2) is 9.18 Å². The molecule has 0 aliphatic rings.